The third-order valence-electron chi connectivity index (χ3n) is 5.10. The average Bonchev–Trinajstić information content (AvgIpc) is 2.70. The molecule has 0 fully saturated rings. The minimum Gasteiger partial charge on any atom is -0.481 e. The van der Waals surface area contributed by atoms with Crippen LogP contribution in [0, 0.1) is 0 Å². The van der Waals surface area contributed by atoms with E-state index in [1.807, 2.05) is 12.3 Å². The predicted molar refractivity (Wildman–Crippen MR) is 112 cm³/mol. The quantitative estimate of drug-likeness (QED) is 0.634. The third kappa shape index (κ3) is 4.93. The monoisotopic (exact) mass is 419 g/mol. The van der Waals surface area contributed by atoms with Crippen molar-refractivity contribution in [3.63, 3.8) is 0 Å². The van der Waals surface area contributed by atoms with E-state index in [-0.39, 0.29) is 5.63 Å². The molecule has 1 aliphatic rings. The van der Waals surface area contributed by atoms with Gasteiger partial charge >= 0.3 is 11.6 Å². The summed E-state index contributed by atoms with van der Waals surface area (Å²) >= 11 is 1.52. The molecule has 1 aromatic heterocycles. The molecular formula is C21H25NO6S. The molecule has 0 aliphatic heterocycles. The largest absolute Gasteiger partial charge is 0.481 e. The molecule has 8 heteroatoms. The van der Waals surface area contributed by atoms with Crippen molar-refractivity contribution in [1.82, 2.24) is 5.32 Å². The van der Waals surface area contributed by atoms with Gasteiger partial charge in [0.15, 0.2) is 6.10 Å². The number of hydrogen-bond acceptors (Lipinski definition) is 6. The molecule has 0 unspecified atom stereocenters. The predicted octanol–water partition coefficient (Wildman–Crippen LogP) is 2.76. The van der Waals surface area contributed by atoms with Gasteiger partial charge in [0.05, 0.1) is 0 Å². The first kappa shape index (κ1) is 21.2. The van der Waals surface area contributed by atoms with Crippen molar-refractivity contribution < 1.29 is 23.8 Å². The summed E-state index contributed by atoms with van der Waals surface area (Å²) in [6.07, 6.45) is 4.94. The number of thioether (sulfide) groups is 1. The Morgan fingerprint density at radius 2 is 2.00 bits per heavy atom. The van der Waals surface area contributed by atoms with Crippen LogP contribution in [-0.4, -0.2) is 41.1 Å². The van der Waals surface area contributed by atoms with Crippen LogP contribution < -0.4 is 15.7 Å². The number of nitrogens with one attached hydrogen (secondary N) is 1. The van der Waals surface area contributed by atoms with Crippen LogP contribution in [0.1, 0.15) is 37.3 Å². The molecule has 1 aromatic carbocycles. The molecule has 0 spiro atoms. The van der Waals surface area contributed by atoms with Gasteiger partial charge in [-0.15, -0.1) is 0 Å². The highest BCUT2D eigenvalue weighted by atomic mass is 32.2. The van der Waals surface area contributed by atoms with Crippen molar-refractivity contribution in [3.05, 3.63) is 39.7 Å². The Bertz CT molecular complexity index is 970. The van der Waals surface area contributed by atoms with Gasteiger partial charge in [-0.05, 0) is 68.7 Å². The minimum atomic E-state index is -1.07. The molecule has 29 heavy (non-hydrogen) atoms. The first-order valence-electron chi connectivity index (χ1n) is 9.68. The minimum absolute atomic E-state index is 0.312. The Balaban J connectivity index is 1.74. The highest BCUT2D eigenvalue weighted by Gasteiger charge is 2.24. The second-order valence-corrected chi connectivity index (χ2v) is 8.14. The van der Waals surface area contributed by atoms with Gasteiger partial charge in [0, 0.05) is 17.0 Å². The molecule has 0 saturated carbocycles. The molecule has 1 aliphatic carbocycles. The van der Waals surface area contributed by atoms with Gasteiger partial charge in [-0.3, -0.25) is 4.79 Å². The Morgan fingerprint density at radius 3 is 2.69 bits per heavy atom. The van der Waals surface area contributed by atoms with E-state index in [9.17, 15) is 19.5 Å². The Kier molecular flexibility index (Phi) is 6.84. The number of fused-ring (bicyclic) bond motifs is 3. The second kappa shape index (κ2) is 9.35. The lowest BCUT2D eigenvalue weighted by molar-refractivity contribution is -0.142. The molecule has 7 nitrogen and oxygen atoms in total. The van der Waals surface area contributed by atoms with E-state index in [1.165, 1.54) is 11.8 Å². The van der Waals surface area contributed by atoms with Crippen molar-refractivity contribution >= 4 is 34.6 Å². The van der Waals surface area contributed by atoms with Gasteiger partial charge in [0.2, 0.25) is 0 Å². The Morgan fingerprint density at radius 1 is 1.28 bits per heavy atom. The number of carbonyl (C=O) groups is 2. The van der Waals surface area contributed by atoms with Crippen LogP contribution >= 0.6 is 11.8 Å². The van der Waals surface area contributed by atoms with Crippen molar-refractivity contribution in [2.45, 2.75) is 51.2 Å². The standard InChI is InChI=1S/C21H25NO6S/c1-12(19(23)22-17(20(24)25)9-10-29-2)27-13-7-8-15-14-5-3-4-6-16(14)21(26)28-18(15)11-13/h7-8,11-12,17H,3-6,9-10H2,1-2H3,(H,22,23)(H,24,25)/t12-,17-/m1/s1. The van der Waals surface area contributed by atoms with E-state index < -0.39 is 24.0 Å². The lowest BCUT2D eigenvalue weighted by Gasteiger charge is -2.19. The van der Waals surface area contributed by atoms with E-state index >= 15 is 0 Å². The summed E-state index contributed by atoms with van der Waals surface area (Å²) in [6, 6.07) is 4.24. The maximum Gasteiger partial charge on any atom is 0.339 e. The smallest absolute Gasteiger partial charge is 0.339 e. The lowest BCUT2D eigenvalue weighted by Crippen LogP contribution is -2.46. The van der Waals surface area contributed by atoms with Crippen molar-refractivity contribution in [1.29, 1.82) is 0 Å². The zero-order valence-electron chi connectivity index (χ0n) is 16.5. The van der Waals surface area contributed by atoms with Crippen LogP contribution in [-0.2, 0) is 22.4 Å². The Labute approximate surface area is 172 Å². The number of amides is 1. The van der Waals surface area contributed by atoms with Crippen LogP contribution in [0.25, 0.3) is 11.0 Å². The number of hydrogen-bond donors (Lipinski definition) is 2. The maximum absolute atomic E-state index is 12.4. The summed E-state index contributed by atoms with van der Waals surface area (Å²) < 4.78 is 11.1. The van der Waals surface area contributed by atoms with Crippen LogP contribution in [0.3, 0.4) is 0 Å². The van der Waals surface area contributed by atoms with E-state index in [0.717, 1.165) is 42.2 Å². The second-order valence-electron chi connectivity index (χ2n) is 7.15. The van der Waals surface area contributed by atoms with Gasteiger partial charge < -0.3 is 19.6 Å². The Hall–Kier alpha value is -2.48. The molecule has 0 bridgehead atoms. The van der Waals surface area contributed by atoms with Crippen LogP contribution in [0.5, 0.6) is 5.75 Å². The number of carboxylic acid groups (broad SMARTS) is 1. The van der Waals surface area contributed by atoms with Crippen molar-refractivity contribution in [2.75, 3.05) is 12.0 Å². The third-order valence-corrected chi connectivity index (χ3v) is 5.75. The molecule has 2 N–H and O–H groups in total. The molecule has 1 amide bonds. The summed E-state index contributed by atoms with van der Waals surface area (Å²) in [5, 5.41) is 12.7. The first-order chi connectivity index (χ1) is 13.9. The van der Waals surface area contributed by atoms with Crippen LogP contribution in [0.15, 0.2) is 27.4 Å². The number of benzene rings is 1. The number of carbonyl (C=O) groups excluding carboxylic acids is 1. The summed E-state index contributed by atoms with van der Waals surface area (Å²) in [5.41, 5.74) is 1.92. The van der Waals surface area contributed by atoms with Gasteiger partial charge in [-0.25, -0.2) is 9.59 Å². The summed E-state index contributed by atoms with van der Waals surface area (Å²) in [7, 11) is 0. The van der Waals surface area contributed by atoms with E-state index in [0.29, 0.717) is 23.5 Å². The van der Waals surface area contributed by atoms with E-state index in [2.05, 4.69) is 5.32 Å². The fourth-order valence-electron chi connectivity index (χ4n) is 3.54. The van der Waals surface area contributed by atoms with Gasteiger partial charge in [0.1, 0.15) is 17.4 Å². The fraction of sp³-hybridized carbons (Fsp3) is 0.476. The average molecular weight is 419 g/mol. The van der Waals surface area contributed by atoms with Crippen molar-refractivity contribution in [3.8, 4) is 5.75 Å². The molecule has 3 rings (SSSR count). The first-order valence-corrected chi connectivity index (χ1v) is 11.1. The molecular weight excluding hydrogens is 394 g/mol. The number of aliphatic carboxylic acids is 1. The van der Waals surface area contributed by atoms with Crippen molar-refractivity contribution in [2.24, 2.45) is 0 Å². The molecule has 156 valence electrons. The number of rotatable bonds is 8. The van der Waals surface area contributed by atoms with Crippen LogP contribution in [0.2, 0.25) is 0 Å². The maximum atomic E-state index is 12.4. The fourth-order valence-corrected chi connectivity index (χ4v) is 4.01. The normalized spacial score (nSPS) is 15.4. The molecule has 1 heterocycles. The summed E-state index contributed by atoms with van der Waals surface area (Å²) in [4.78, 5) is 35.9. The topological polar surface area (TPSA) is 106 Å². The summed E-state index contributed by atoms with van der Waals surface area (Å²) in [5.74, 6) is -0.571. The van der Waals surface area contributed by atoms with Gasteiger partial charge in [-0.2, -0.15) is 11.8 Å². The van der Waals surface area contributed by atoms with E-state index in [4.69, 9.17) is 9.15 Å². The molecule has 0 saturated heterocycles. The highest BCUT2D eigenvalue weighted by Crippen LogP contribution is 2.29. The SMILES string of the molecule is CSCC[C@@H](NC(=O)[C@@H](C)Oc1ccc2c3c(c(=O)oc2c1)CCCC3)C(=O)O. The highest BCUT2D eigenvalue weighted by molar-refractivity contribution is 7.98. The number of ether oxygens (including phenoxy) is 1. The van der Waals surface area contributed by atoms with Gasteiger partial charge in [-0.1, -0.05) is 0 Å². The van der Waals surface area contributed by atoms with Crippen LogP contribution in [0.4, 0.5) is 0 Å². The van der Waals surface area contributed by atoms with Gasteiger partial charge in [0.25, 0.3) is 5.91 Å². The van der Waals surface area contributed by atoms with E-state index in [1.54, 1.807) is 19.1 Å². The molecule has 2 atom stereocenters. The lowest BCUT2D eigenvalue weighted by atomic mass is 9.91. The number of aryl methyl sites for hydroxylation is 1. The molecule has 0 radical (unpaired) electrons. The number of carboxylic acids is 1. The zero-order valence-corrected chi connectivity index (χ0v) is 17.3. The zero-order chi connectivity index (χ0) is 21.0. The molecule has 2 aromatic rings. The summed E-state index contributed by atoms with van der Waals surface area (Å²) in [6.45, 7) is 1.55.